The lowest BCUT2D eigenvalue weighted by Gasteiger charge is -2.26. The highest BCUT2D eigenvalue weighted by Crippen LogP contribution is 2.38. The normalized spacial score (nSPS) is 17.5. The number of carbonyl (C=O) groups is 1. The number of pyridine rings is 1. The summed E-state index contributed by atoms with van der Waals surface area (Å²) in [6, 6.07) is 13.1. The molecule has 0 radical (unpaired) electrons. The average Bonchev–Trinajstić information content (AvgIpc) is 3.17. The Morgan fingerprint density at radius 3 is 2.96 bits per heavy atom. The van der Waals surface area contributed by atoms with Crippen molar-refractivity contribution in [2.75, 3.05) is 6.61 Å². The number of aromatic nitrogens is 1. The number of hydrogen-bond donors (Lipinski definition) is 0. The summed E-state index contributed by atoms with van der Waals surface area (Å²) in [5, 5.41) is 9.54. The summed E-state index contributed by atoms with van der Waals surface area (Å²) in [6.45, 7) is 1.88. The van der Waals surface area contributed by atoms with Gasteiger partial charge in [0.1, 0.15) is 11.8 Å². The minimum atomic E-state index is -0.474. The molecule has 3 aromatic rings. The molecule has 27 heavy (non-hydrogen) atoms. The van der Waals surface area contributed by atoms with E-state index in [0.29, 0.717) is 11.5 Å². The van der Waals surface area contributed by atoms with Crippen molar-refractivity contribution in [2.24, 2.45) is 5.92 Å². The van der Waals surface area contributed by atoms with Gasteiger partial charge in [-0.1, -0.05) is 25.1 Å². The van der Waals surface area contributed by atoms with E-state index in [4.69, 9.17) is 19.4 Å². The van der Waals surface area contributed by atoms with Gasteiger partial charge in [0.05, 0.1) is 23.0 Å². The van der Waals surface area contributed by atoms with Crippen LogP contribution in [0.1, 0.15) is 40.7 Å². The lowest BCUT2D eigenvalue weighted by molar-refractivity contribution is 0.0555. The van der Waals surface area contributed by atoms with Gasteiger partial charge in [0, 0.05) is 5.39 Å². The Morgan fingerprint density at radius 2 is 2.19 bits per heavy atom. The summed E-state index contributed by atoms with van der Waals surface area (Å²) in [5.74, 6) is 0.635. The first-order valence-electron chi connectivity index (χ1n) is 8.87. The molecule has 2 heterocycles. The molecular formula is C22H18N2O3. The minimum Gasteiger partial charge on any atom is -0.465 e. The van der Waals surface area contributed by atoms with Crippen LogP contribution in [0.5, 0.6) is 0 Å². The smallest absolute Gasteiger partial charge is 0.340 e. The van der Waals surface area contributed by atoms with Gasteiger partial charge in [-0.05, 0) is 54.2 Å². The van der Waals surface area contributed by atoms with Crippen LogP contribution in [0.3, 0.4) is 0 Å². The van der Waals surface area contributed by atoms with E-state index in [0.717, 1.165) is 46.3 Å². The van der Waals surface area contributed by atoms with E-state index in [-0.39, 0.29) is 6.61 Å². The number of nitriles is 1. The highest BCUT2D eigenvalue weighted by molar-refractivity contribution is 6.06. The third-order valence-electron chi connectivity index (χ3n) is 4.75. The van der Waals surface area contributed by atoms with Gasteiger partial charge in [0.15, 0.2) is 6.61 Å². The second-order valence-corrected chi connectivity index (χ2v) is 6.76. The molecule has 5 heteroatoms. The van der Waals surface area contributed by atoms with E-state index in [1.54, 1.807) is 6.26 Å². The number of carbonyl (C=O) groups excluding carboxylic acids is 1. The number of hydrogen-bond acceptors (Lipinski definition) is 5. The van der Waals surface area contributed by atoms with Gasteiger partial charge < -0.3 is 9.15 Å². The molecule has 1 aliphatic carbocycles. The van der Waals surface area contributed by atoms with Crippen LogP contribution in [-0.4, -0.2) is 17.6 Å². The van der Waals surface area contributed by atoms with Crippen LogP contribution < -0.4 is 0 Å². The van der Waals surface area contributed by atoms with Gasteiger partial charge in [-0.3, -0.25) is 0 Å². The molecule has 4 rings (SSSR count). The highest BCUT2D eigenvalue weighted by atomic mass is 16.5. The quantitative estimate of drug-likeness (QED) is 0.638. The molecule has 2 aromatic heterocycles. The van der Waals surface area contributed by atoms with Crippen LogP contribution in [0.2, 0.25) is 0 Å². The molecule has 1 aliphatic rings. The number of furan rings is 1. The average molecular weight is 358 g/mol. The van der Waals surface area contributed by atoms with Crippen LogP contribution in [-0.2, 0) is 11.2 Å². The molecule has 134 valence electrons. The summed E-state index contributed by atoms with van der Waals surface area (Å²) in [7, 11) is 0. The molecule has 0 saturated heterocycles. The maximum absolute atomic E-state index is 12.8. The first kappa shape index (κ1) is 17.0. The number of fused-ring (bicyclic) bond motifs is 2. The topological polar surface area (TPSA) is 76.1 Å². The van der Waals surface area contributed by atoms with Gasteiger partial charge in [0.25, 0.3) is 0 Å². The van der Waals surface area contributed by atoms with E-state index in [9.17, 15) is 4.79 Å². The van der Waals surface area contributed by atoms with Gasteiger partial charge >= 0.3 is 5.97 Å². The predicted octanol–water partition coefficient (Wildman–Crippen LogP) is 4.63. The van der Waals surface area contributed by atoms with E-state index in [1.807, 2.05) is 48.5 Å². The lowest BCUT2D eigenvalue weighted by atomic mass is 9.81. The second kappa shape index (κ2) is 7.08. The summed E-state index contributed by atoms with van der Waals surface area (Å²) >= 11 is 0. The Balaban J connectivity index is 1.95. The summed E-state index contributed by atoms with van der Waals surface area (Å²) < 4.78 is 10.6. The number of nitrogens with zero attached hydrogens (tertiary/aromatic N) is 2. The Kier molecular flexibility index (Phi) is 4.47. The first-order chi connectivity index (χ1) is 13.2. The lowest BCUT2D eigenvalue weighted by Crippen LogP contribution is -2.19. The van der Waals surface area contributed by atoms with Crippen molar-refractivity contribution < 1.29 is 13.9 Å². The molecule has 0 bridgehead atoms. The molecule has 1 aromatic carbocycles. The Bertz CT molecular complexity index is 1070. The molecule has 0 spiro atoms. The third kappa shape index (κ3) is 3.22. The molecular weight excluding hydrogens is 340 g/mol. The zero-order chi connectivity index (χ0) is 18.8. The Hall–Kier alpha value is -3.39. The van der Waals surface area contributed by atoms with Gasteiger partial charge in [0.2, 0.25) is 0 Å². The van der Waals surface area contributed by atoms with Crippen LogP contribution in [0.25, 0.3) is 22.6 Å². The van der Waals surface area contributed by atoms with Gasteiger partial charge in [-0.25, -0.2) is 9.78 Å². The molecule has 0 amide bonds. The van der Waals surface area contributed by atoms with Gasteiger partial charge in [-0.15, -0.1) is 0 Å². The van der Waals surface area contributed by atoms with Crippen LogP contribution in [0, 0.1) is 17.2 Å². The van der Waals surface area contributed by atoms with Crippen molar-refractivity contribution in [1.29, 1.82) is 5.26 Å². The molecule has 1 atom stereocenters. The maximum atomic E-state index is 12.8. The number of benzene rings is 1. The SMILES string of the molecule is C[C@H]1CC(=Cc2ccco2)c2nc3ccccc3c(C(=O)OCC#N)c2C1. The fraction of sp³-hybridized carbons (Fsp3) is 0.227. The fourth-order valence-electron chi connectivity index (χ4n) is 3.68. The first-order valence-corrected chi connectivity index (χ1v) is 8.87. The molecule has 5 nitrogen and oxygen atoms in total. The second-order valence-electron chi connectivity index (χ2n) is 6.76. The summed E-state index contributed by atoms with van der Waals surface area (Å²) in [5.41, 5.74) is 3.99. The van der Waals surface area contributed by atoms with E-state index < -0.39 is 5.97 Å². The largest absolute Gasteiger partial charge is 0.465 e. The monoisotopic (exact) mass is 358 g/mol. The predicted molar refractivity (Wildman–Crippen MR) is 102 cm³/mol. The number of para-hydroxylation sites is 1. The van der Waals surface area contributed by atoms with E-state index in [2.05, 4.69) is 6.92 Å². The molecule has 0 aliphatic heterocycles. The number of rotatable bonds is 3. The molecule has 0 fully saturated rings. The van der Waals surface area contributed by atoms with Crippen molar-refractivity contribution in [3.8, 4) is 6.07 Å². The molecule has 0 N–H and O–H groups in total. The van der Waals surface area contributed by atoms with E-state index >= 15 is 0 Å². The molecule has 0 saturated carbocycles. The standard InChI is InChI=1S/C22H18N2O3/c1-14-11-15(13-16-5-4-9-26-16)21-18(12-14)20(22(25)27-10-8-23)17-6-2-3-7-19(17)24-21/h2-7,9,13-14H,10-12H2,1H3/t14-/m0/s1. The van der Waals surface area contributed by atoms with Gasteiger partial charge in [-0.2, -0.15) is 5.26 Å². The maximum Gasteiger partial charge on any atom is 0.340 e. The van der Waals surface area contributed by atoms with E-state index in [1.165, 1.54) is 0 Å². The number of ether oxygens (including phenoxy) is 1. The van der Waals surface area contributed by atoms with Crippen molar-refractivity contribution in [3.05, 3.63) is 65.2 Å². The third-order valence-corrected chi connectivity index (χ3v) is 4.75. The van der Waals surface area contributed by atoms with Crippen LogP contribution in [0.4, 0.5) is 0 Å². The number of esters is 1. The zero-order valence-electron chi connectivity index (χ0n) is 14.9. The van der Waals surface area contributed by atoms with Crippen molar-refractivity contribution in [1.82, 2.24) is 4.98 Å². The zero-order valence-corrected chi connectivity index (χ0v) is 14.9. The van der Waals surface area contributed by atoms with Crippen molar-refractivity contribution >= 4 is 28.5 Å². The highest BCUT2D eigenvalue weighted by Gasteiger charge is 2.28. The summed E-state index contributed by atoms with van der Waals surface area (Å²) in [4.78, 5) is 17.6. The van der Waals surface area contributed by atoms with Crippen LogP contribution >= 0.6 is 0 Å². The van der Waals surface area contributed by atoms with Crippen molar-refractivity contribution in [3.63, 3.8) is 0 Å². The number of allylic oxidation sites excluding steroid dienone is 1. The Labute approximate surface area is 156 Å². The van der Waals surface area contributed by atoms with Crippen LogP contribution in [0.15, 0.2) is 47.1 Å². The Morgan fingerprint density at radius 1 is 1.33 bits per heavy atom. The molecule has 0 unspecified atom stereocenters. The van der Waals surface area contributed by atoms with Crippen molar-refractivity contribution in [2.45, 2.75) is 19.8 Å². The minimum absolute atomic E-state index is 0.269. The summed E-state index contributed by atoms with van der Waals surface area (Å²) in [6.07, 6.45) is 5.21. The fourth-order valence-corrected chi connectivity index (χ4v) is 3.68.